The number of hydrogen-bond donors (Lipinski definition) is 2. The summed E-state index contributed by atoms with van der Waals surface area (Å²) >= 11 is 6.05. The number of benzene rings is 1. The van der Waals surface area contributed by atoms with Gasteiger partial charge in [-0.15, -0.1) is 0 Å². The molecule has 0 aliphatic heterocycles. The lowest BCUT2D eigenvalue weighted by atomic mass is 10.1. The fourth-order valence-corrected chi connectivity index (χ4v) is 1.98. The van der Waals surface area contributed by atoms with Gasteiger partial charge in [0.1, 0.15) is 6.26 Å². The Bertz CT molecular complexity index is 583. The fraction of sp³-hybridized carbons (Fsp3) is 0.286. The highest BCUT2D eigenvalue weighted by Gasteiger charge is 2.11. The van der Waals surface area contributed by atoms with Gasteiger partial charge in [-0.25, -0.2) is 4.98 Å². The molecule has 0 atom stereocenters. The van der Waals surface area contributed by atoms with Gasteiger partial charge in [0.05, 0.1) is 6.54 Å². The van der Waals surface area contributed by atoms with Gasteiger partial charge >= 0.3 is 0 Å². The Kier molecular flexibility index (Phi) is 5.15. The Hall–Kier alpha value is -1.85. The molecular weight excluding hydrogens is 278 g/mol. The predicted octanol–water partition coefficient (Wildman–Crippen LogP) is 2.02. The quantitative estimate of drug-likeness (QED) is 0.855. The average Bonchev–Trinajstić information content (AvgIpc) is 2.90. The summed E-state index contributed by atoms with van der Waals surface area (Å²) in [4.78, 5) is 15.9. The summed E-state index contributed by atoms with van der Waals surface area (Å²) in [7, 11) is 1.79. The first kappa shape index (κ1) is 14.6. The number of nitrogens with one attached hydrogen (secondary N) is 2. The van der Waals surface area contributed by atoms with Crippen LogP contribution in [-0.4, -0.2) is 24.5 Å². The Balaban J connectivity index is 1.84. The van der Waals surface area contributed by atoms with Gasteiger partial charge in [-0.05, 0) is 25.1 Å². The standard InChI is InChI=1S/C14H16ClN3O2/c1-16-8-13-18-12(9-20-13)14(19)17-7-6-10-4-2-3-5-11(10)15/h2-5,9,16H,6-8H2,1H3,(H,17,19). The maximum atomic E-state index is 11.9. The number of nitrogens with zero attached hydrogens (tertiary/aromatic N) is 1. The van der Waals surface area contributed by atoms with Crippen molar-refractivity contribution in [3.63, 3.8) is 0 Å². The third-order valence-corrected chi connectivity index (χ3v) is 3.12. The first-order valence-corrected chi connectivity index (χ1v) is 6.69. The summed E-state index contributed by atoms with van der Waals surface area (Å²) in [6, 6.07) is 7.57. The normalized spacial score (nSPS) is 10.5. The lowest BCUT2D eigenvalue weighted by Gasteiger charge is -2.04. The number of carbonyl (C=O) groups excluding carboxylic acids is 1. The summed E-state index contributed by atoms with van der Waals surface area (Å²) < 4.78 is 5.15. The number of amides is 1. The van der Waals surface area contributed by atoms with E-state index >= 15 is 0 Å². The highest BCUT2D eigenvalue weighted by molar-refractivity contribution is 6.31. The highest BCUT2D eigenvalue weighted by Crippen LogP contribution is 2.14. The van der Waals surface area contributed by atoms with Crippen molar-refractivity contribution < 1.29 is 9.21 Å². The molecule has 0 aliphatic rings. The van der Waals surface area contributed by atoms with Crippen molar-refractivity contribution in [2.75, 3.05) is 13.6 Å². The largest absolute Gasteiger partial charge is 0.447 e. The minimum Gasteiger partial charge on any atom is -0.447 e. The molecule has 0 aliphatic carbocycles. The van der Waals surface area contributed by atoms with E-state index in [-0.39, 0.29) is 11.6 Å². The molecule has 0 saturated carbocycles. The van der Waals surface area contributed by atoms with Gasteiger partial charge in [-0.2, -0.15) is 0 Å². The van der Waals surface area contributed by atoms with Crippen LogP contribution in [0.2, 0.25) is 5.02 Å². The fourth-order valence-electron chi connectivity index (χ4n) is 1.75. The Morgan fingerprint density at radius 2 is 2.20 bits per heavy atom. The van der Waals surface area contributed by atoms with Crippen LogP contribution in [0.15, 0.2) is 34.9 Å². The first-order chi connectivity index (χ1) is 9.70. The molecule has 1 aromatic carbocycles. The number of oxazole rings is 1. The van der Waals surface area contributed by atoms with Crippen molar-refractivity contribution in [3.05, 3.63) is 52.7 Å². The predicted molar refractivity (Wildman–Crippen MR) is 76.8 cm³/mol. The molecule has 2 rings (SSSR count). The molecule has 0 spiro atoms. The second kappa shape index (κ2) is 7.07. The van der Waals surface area contributed by atoms with E-state index in [1.165, 1.54) is 6.26 Å². The van der Waals surface area contributed by atoms with Crippen LogP contribution in [0.1, 0.15) is 21.9 Å². The molecule has 2 N–H and O–H groups in total. The van der Waals surface area contributed by atoms with E-state index in [1.807, 2.05) is 24.3 Å². The van der Waals surface area contributed by atoms with Crippen LogP contribution < -0.4 is 10.6 Å². The van der Waals surface area contributed by atoms with Crippen LogP contribution in [0.5, 0.6) is 0 Å². The van der Waals surface area contributed by atoms with Crippen LogP contribution in [0.3, 0.4) is 0 Å². The zero-order chi connectivity index (χ0) is 14.4. The highest BCUT2D eigenvalue weighted by atomic mass is 35.5. The molecule has 1 heterocycles. The van der Waals surface area contributed by atoms with Gasteiger partial charge < -0.3 is 15.1 Å². The third kappa shape index (κ3) is 3.82. The molecule has 0 bridgehead atoms. The molecule has 106 valence electrons. The van der Waals surface area contributed by atoms with E-state index in [2.05, 4.69) is 15.6 Å². The van der Waals surface area contributed by atoms with Crippen LogP contribution in [0.25, 0.3) is 0 Å². The number of rotatable bonds is 6. The van der Waals surface area contributed by atoms with Crippen molar-refractivity contribution in [3.8, 4) is 0 Å². The first-order valence-electron chi connectivity index (χ1n) is 6.31. The van der Waals surface area contributed by atoms with E-state index in [9.17, 15) is 4.79 Å². The van der Waals surface area contributed by atoms with Gasteiger partial charge in [0.25, 0.3) is 5.91 Å². The smallest absolute Gasteiger partial charge is 0.273 e. The van der Waals surface area contributed by atoms with Crippen molar-refractivity contribution in [2.45, 2.75) is 13.0 Å². The summed E-state index contributed by atoms with van der Waals surface area (Å²) in [5.74, 6) is 0.243. The molecule has 0 unspecified atom stereocenters. The van der Waals surface area contributed by atoms with Crippen molar-refractivity contribution >= 4 is 17.5 Å². The molecule has 0 fully saturated rings. The molecule has 0 radical (unpaired) electrons. The monoisotopic (exact) mass is 293 g/mol. The summed E-state index contributed by atoms with van der Waals surface area (Å²) in [5.41, 5.74) is 1.29. The molecule has 0 saturated heterocycles. The van der Waals surface area contributed by atoms with Crippen LogP contribution >= 0.6 is 11.6 Å². The van der Waals surface area contributed by atoms with Gasteiger partial charge in [-0.3, -0.25) is 4.79 Å². The minimum absolute atomic E-state index is 0.247. The topological polar surface area (TPSA) is 67.2 Å². The molecule has 1 aromatic heterocycles. The summed E-state index contributed by atoms with van der Waals surface area (Å²) in [5, 5.41) is 6.40. The zero-order valence-corrected chi connectivity index (χ0v) is 11.9. The lowest BCUT2D eigenvalue weighted by molar-refractivity contribution is 0.0949. The third-order valence-electron chi connectivity index (χ3n) is 2.75. The van der Waals surface area contributed by atoms with Crippen LogP contribution in [0.4, 0.5) is 0 Å². The molecule has 1 amide bonds. The van der Waals surface area contributed by atoms with Gasteiger partial charge in [0.2, 0.25) is 5.89 Å². The van der Waals surface area contributed by atoms with E-state index in [4.69, 9.17) is 16.0 Å². The molecule has 2 aromatic rings. The molecule has 6 heteroatoms. The lowest BCUT2D eigenvalue weighted by Crippen LogP contribution is -2.26. The number of halogens is 1. The summed E-state index contributed by atoms with van der Waals surface area (Å²) in [6.45, 7) is 0.990. The maximum Gasteiger partial charge on any atom is 0.273 e. The Morgan fingerprint density at radius 3 is 2.95 bits per heavy atom. The van der Waals surface area contributed by atoms with E-state index < -0.39 is 0 Å². The van der Waals surface area contributed by atoms with E-state index in [0.29, 0.717) is 30.4 Å². The van der Waals surface area contributed by atoms with Crippen LogP contribution in [-0.2, 0) is 13.0 Å². The molecule has 20 heavy (non-hydrogen) atoms. The average molecular weight is 294 g/mol. The van der Waals surface area contributed by atoms with E-state index in [0.717, 1.165) is 5.56 Å². The molecular formula is C14H16ClN3O2. The van der Waals surface area contributed by atoms with E-state index in [1.54, 1.807) is 7.05 Å². The van der Waals surface area contributed by atoms with Crippen molar-refractivity contribution in [2.24, 2.45) is 0 Å². The maximum absolute atomic E-state index is 11.9. The van der Waals surface area contributed by atoms with Crippen molar-refractivity contribution in [1.82, 2.24) is 15.6 Å². The van der Waals surface area contributed by atoms with Gasteiger partial charge in [-0.1, -0.05) is 29.8 Å². The van der Waals surface area contributed by atoms with Gasteiger partial charge in [0, 0.05) is 11.6 Å². The van der Waals surface area contributed by atoms with Crippen LogP contribution in [0, 0.1) is 0 Å². The van der Waals surface area contributed by atoms with Gasteiger partial charge in [0.15, 0.2) is 5.69 Å². The Morgan fingerprint density at radius 1 is 1.40 bits per heavy atom. The minimum atomic E-state index is -0.247. The second-order valence-electron chi connectivity index (χ2n) is 4.25. The zero-order valence-electron chi connectivity index (χ0n) is 11.1. The summed E-state index contributed by atoms with van der Waals surface area (Å²) in [6.07, 6.45) is 2.03. The number of hydrogen-bond acceptors (Lipinski definition) is 4. The van der Waals surface area contributed by atoms with Crippen molar-refractivity contribution in [1.29, 1.82) is 0 Å². The number of aromatic nitrogens is 1. The number of carbonyl (C=O) groups is 1. The Labute approximate surface area is 122 Å². The second-order valence-corrected chi connectivity index (χ2v) is 4.66. The molecule has 5 nitrogen and oxygen atoms in total. The SMILES string of the molecule is CNCc1nc(C(=O)NCCc2ccccc2Cl)co1.